The standard InChI is InChI=1S/C28H28ClF3N6O3/c1-27(17-5-4-6-18(29)21(17)31)13-38(24-19(30)12-36(3)35-24)25(39)16-9-33-23(22(32)20(16)27)34-15-10-37(11-15)26(40)28(2,41)14-7-8-14/h4-6,9,12,14-15,41H,7-8,10-11,13H2,1-3H3,(H,33,34)/t27-,28+/m1/s1. The van der Waals surface area contributed by atoms with Crippen LogP contribution < -0.4 is 10.2 Å². The van der Waals surface area contributed by atoms with Crippen LogP contribution in [-0.4, -0.2) is 67.9 Å². The molecule has 2 fully saturated rings. The minimum atomic E-state index is -1.52. The first-order valence-corrected chi connectivity index (χ1v) is 13.6. The zero-order valence-electron chi connectivity index (χ0n) is 22.6. The lowest BCUT2D eigenvalue weighted by atomic mass is 9.71. The fourth-order valence-electron chi connectivity index (χ4n) is 5.92. The molecule has 9 nitrogen and oxygen atoms in total. The van der Waals surface area contributed by atoms with E-state index in [-0.39, 0.29) is 70.8 Å². The van der Waals surface area contributed by atoms with Crippen molar-refractivity contribution in [2.45, 2.75) is 43.7 Å². The number of aryl methyl sites for hydroxylation is 1. The van der Waals surface area contributed by atoms with Crippen LogP contribution in [0.15, 0.2) is 30.6 Å². The fourth-order valence-corrected chi connectivity index (χ4v) is 6.10. The number of aliphatic hydroxyl groups is 1. The molecule has 2 N–H and O–H groups in total. The number of benzene rings is 1. The summed E-state index contributed by atoms with van der Waals surface area (Å²) in [5.74, 6) is -4.03. The number of hydrogen-bond acceptors (Lipinski definition) is 6. The normalized spacial score (nSPS) is 22.3. The van der Waals surface area contributed by atoms with Crippen molar-refractivity contribution >= 4 is 35.1 Å². The van der Waals surface area contributed by atoms with Gasteiger partial charge in [0.1, 0.15) is 11.4 Å². The van der Waals surface area contributed by atoms with Gasteiger partial charge in [0.15, 0.2) is 23.3 Å². The molecule has 2 amide bonds. The Morgan fingerprint density at radius 3 is 2.56 bits per heavy atom. The first kappa shape index (κ1) is 27.5. The van der Waals surface area contributed by atoms with Gasteiger partial charge >= 0.3 is 0 Å². The van der Waals surface area contributed by atoms with Gasteiger partial charge in [0.25, 0.3) is 11.8 Å². The van der Waals surface area contributed by atoms with Gasteiger partial charge in [-0.2, -0.15) is 5.10 Å². The molecule has 3 aromatic rings. The Morgan fingerprint density at radius 1 is 1.22 bits per heavy atom. The van der Waals surface area contributed by atoms with Gasteiger partial charge in [-0.3, -0.25) is 19.2 Å². The summed E-state index contributed by atoms with van der Waals surface area (Å²) in [6, 6.07) is 3.96. The number of nitrogens with zero attached hydrogens (tertiary/aromatic N) is 5. The monoisotopic (exact) mass is 588 g/mol. The summed E-state index contributed by atoms with van der Waals surface area (Å²) in [5, 5.41) is 17.4. The maximum Gasteiger partial charge on any atom is 0.261 e. The Bertz CT molecular complexity index is 1590. The number of amides is 2. The first-order valence-electron chi connectivity index (χ1n) is 13.3. The lowest BCUT2D eigenvalue weighted by Crippen LogP contribution is -2.62. The number of aromatic nitrogens is 3. The first-order chi connectivity index (χ1) is 19.3. The van der Waals surface area contributed by atoms with Gasteiger partial charge in [-0.1, -0.05) is 23.7 Å². The average molecular weight is 589 g/mol. The second-order valence-corrected chi connectivity index (χ2v) is 11.9. The van der Waals surface area contributed by atoms with Crippen molar-refractivity contribution in [2.24, 2.45) is 13.0 Å². The molecule has 3 aliphatic rings. The quantitative estimate of drug-likeness (QED) is 0.456. The summed E-state index contributed by atoms with van der Waals surface area (Å²) in [6.45, 7) is 3.20. The van der Waals surface area contributed by atoms with E-state index in [4.69, 9.17) is 11.6 Å². The molecule has 0 radical (unpaired) electrons. The fraction of sp³-hybridized carbons (Fsp3) is 0.429. The van der Waals surface area contributed by atoms with Crippen LogP contribution in [0.5, 0.6) is 0 Å². The molecule has 216 valence electrons. The number of nitrogens with one attached hydrogen (secondary N) is 1. The van der Waals surface area contributed by atoms with Crippen molar-refractivity contribution in [1.82, 2.24) is 19.7 Å². The van der Waals surface area contributed by atoms with Gasteiger partial charge in [-0.05, 0) is 38.7 Å². The lowest BCUT2D eigenvalue weighted by molar-refractivity contribution is -0.156. The number of fused-ring (bicyclic) bond motifs is 1. The van der Waals surface area contributed by atoms with Crippen LogP contribution in [0.3, 0.4) is 0 Å². The van der Waals surface area contributed by atoms with Crippen molar-refractivity contribution in [1.29, 1.82) is 0 Å². The molecule has 1 aromatic carbocycles. The van der Waals surface area contributed by atoms with Gasteiger partial charge in [-0.25, -0.2) is 18.2 Å². The summed E-state index contributed by atoms with van der Waals surface area (Å²) in [5.41, 5.74) is -3.22. The summed E-state index contributed by atoms with van der Waals surface area (Å²) in [4.78, 5) is 33.0. The van der Waals surface area contributed by atoms with Crippen molar-refractivity contribution in [3.8, 4) is 0 Å². The van der Waals surface area contributed by atoms with E-state index in [1.165, 1.54) is 47.9 Å². The van der Waals surface area contributed by atoms with E-state index in [9.17, 15) is 19.1 Å². The van der Waals surface area contributed by atoms with Crippen LogP contribution >= 0.6 is 11.6 Å². The van der Waals surface area contributed by atoms with E-state index in [2.05, 4.69) is 15.4 Å². The van der Waals surface area contributed by atoms with Crippen LogP contribution in [0, 0.1) is 23.4 Å². The highest BCUT2D eigenvalue weighted by molar-refractivity contribution is 6.30. The molecule has 6 rings (SSSR count). The highest BCUT2D eigenvalue weighted by atomic mass is 35.5. The van der Waals surface area contributed by atoms with Gasteiger partial charge in [0.05, 0.1) is 22.8 Å². The van der Waals surface area contributed by atoms with Crippen LogP contribution in [0.25, 0.3) is 0 Å². The SMILES string of the molecule is Cn1cc(F)c(N2C[C@](C)(c3cccc(Cl)c3F)c3c(cnc(NC4CN(C(=O)[C@@](C)(O)C5CC5)C4)c3F)C2=O)n1. The highest BCUT2D eigenvalue weighted by Crippen LogP contribution is 2.45. The van der Waals surface area contributed by atoms with E-state index >= 15 is 8.78 Å². The van der Waals surface area contributed by atoms with Gasteiger partial charge in [0.2, 0.25) is 0 Å². The zero-order valence-corrected chi connectivity index (χ0v) is 23.3. The predicted octanol–water partition coefficient (Wildman–Crippen LogP) is 3.64. The maximum atomic E-state index is 16.4. The number of pyridine rings is 1. The molecule has 1 saturated carbocycles. The minimum Gasteiger partial charge on any atom is -0.380 e. The van der Waals surface area contributed by atoms with E-state index < -0.39 is 34.4 Å². The summed E-state index contributed by atoms with van der Waals surface area (Å²) in [6.07, 6.45) is 3.87. The van der Waals surface area contributed by atoms with Crippen LogP contribution in [-0.2, 0) is 17.3 Å². The van der Waals surface area contributed by atoms with Crippen molar-refractivity contribution in [3.05, 3.63) is 69.8 Å². The third kappa shape index (κ3) is 4.35. The van der Waals surface area contributed by atoms with Gasteiger partial charge in [-0.15, -0.1) is 0 Å². The van der Waals surface area contributed by atoms with E-state index in [1.54, 1.807) is 6.92 Å². The maximum absolute atomic E-state index is 16.4. The molecule has 1 aliphatic carbocycles. The molecule has 2 aliphatic heterocycles. The molecule has 4 heterocycles. The number of halogens is 4. The Hall–Kier alpha value is -3.64. The van der Waals surface area contributed by atoms with Gasteiger partial charge in [0, 0.05) is 49.4 Å². The Morgan fingerprint density at radius 2 is 1.93 bits per heavy atom. The number of anilines is 2. The van der Waals surface area contributed by atoms with Gasteiger partial charge < -0.3 is 15.3 Å². The summed E-state index contributed by atoms with van der Waals surface area (Å²) < 4.78 is 47.8. The molecule has 2 atom stereocenters. The predicted molar refractivity (Wildman–Crippen MR) is 144 cm³/mol. The Kier molecular flexibility index (Phi) is 6.34. The number of likely N-dealkylation sites (tertiary alicyclic amines) is 1. The molecule has 13 heteroatoms. The molecule has 0 unspecified atom stereocenters. The highest BCUT2D eigenvalue weighted by Gasteiger charge is 2.50. The van der Waals surface area contributed by atoms with Crippen molar-refractivity contribution < 1.29 is 27.9 Å². The smallest absolute Gasteiger partial charge is 0.261 e. The lowest BCUT2D eigenvalue weighted by Gasteiger charge is -2.44. The second-order valence-electron chi connectivity index (χ2n) is 11.5. The van der Waals surface area contributed by atoms with Crippen LogP contribution in [0.1, 0.15) is 48.2 Å². The minimum absolute atomic E-state index is 0.0128. The number of carbonyl (C=O) groups is 2. The Balaban J connectivity index is 1.36. The Labute approximate surface area is 238 Å². The second kappa shape index (κ2) is 9.45. The molecule has 2 aromatic heterocycles. The third-order valence-corrected chi connectivity index (χ3v) is 8.70. The van der Waals surface area contributed by atoms with E-state index in [1.807, 2.05) is 0 Å². The molecular formula is C28H28ClF3N6O3. The summed E-state index contributed by atoms with van der Waals surface area (Å²) in [7, 11) is 1.49. The van der Waals surface area contributed by atoms with E-state index in [0.717, 1.165) is 23.9 Å². The topological polar surface area (TPSA) is 104 Å². The average Bonchev–Trinajstić information content (AvgIpc) is 3.70. The zero-order chi connectivity index (χ0) is 29.4. The largest absolute Gasteiger partial charge is 0.380 e. The van der Waals surface area contributed by atoms with Crippen LogP contribution in [0.4, 0.5) is 24.8 Å². The molecule has 41 heavy (non-hydrogen) atoms. The van der Waals surface area contributed by atoms with Crippen molar-refractivity contribution in [2.75, 3.05) is 29.9 Å². The van der Waals surface area contributed by atoms with Crippen LogP contribution in [0.2, 0.25) is 5.02 Å². The van der Waals surface area contributed by atoms with Crippen molar-refractivity contribution in [3.63, 3.8) is 0 Å². The number of rotatable bonds is 6. The molecule has 0 spiro atoms. The third-order valence-electron chi connectivity index (χ3n) is 8.40. The number of hydrogen-bond donors (Lipinski definition) is 2. The molecule has 1 saturated heterocycles. The molecular weight excluding hydrogens is 561 g/mol. The summed E-state index contributed by atoms with van der Waals surface area (Å²) >= 11 is 6.09. The van der Waals surface area contributed by atoms with E-state index in [0.29, 0.717) is 0 Å². The molecule has 0 bridgehead atoms. The number of carbonyl (C=O) groups excluding carboxylic acids is 2.